The lowest BCUT2D eigenvalue weighted by molar-refractivity contribution is 0.596. The van der Waals surface area contributed by atoms with Gasteiger partial charge in [-0.2, -0.15) is 0 Å². The Kier molecular flexibility index (Phi) is 3.11. The van der Waals surface area contributed by atoms with Gasteiger partial charge in [0.1, 0.15) is 4.60 Å². The van der Waals surface area contributed by atoms with Crippen molar-refractivity contribution in [3.8, 4) is 0 Å². The van der Waals surface area contributed by atoms with Crippen molar-refractivity contribution < 1.29 is 0 Å². The van der Waals surface area contributed by atoms with Crippen molar-refractivity contribution in [2.45, 2.75) is 13.0 Å². The summed E-state index contributed by atoms with van der Waals surface area (Å²) in [5.74, 6) is 0. The highest BCUT2D eigenvalue weighted by Crippen LogP contribution is 2.04. The van der Waals surface area contributed by atoms with E-state index in [0.717, 1.165) is 17.6 Å². The number of hydrogen-bond acceptors (Lipinski definition) is 2. The molecule has 1 heterocycles. The molecule has 1 rings (SSSR count). The molecule has 5 heteroatoms. The van der Waals surface area contributed by atoms with Crippen LogP contribution in [0, 0.1) is 5.41 Å². The predicted octanol–water partition coefficient (Wildman–Crippen LogP) is 0.417. The van der Waals surface area contributed by atoms with E-state index in [1.165, 1.54) is 0 Å². The number of imidazole rings is 1. The lowest BCUT2D eigenvalue weighted by atomic mass is 10.4. The van der Waals surface area contributed by atoms with Crippen LogP contribution >= 0.6 is 15.9 Å². The fraction of sp³-hybridized carbons (Fsp3) is 0.571. The van der Waals surface area contributed by atoms with E-state index in [1.54, 1.807) is 4.57 Å². The summed E-state index contributed by atoms with van der Waals surface area (Å²) < 4.78 is 4.57. The Labute approximate surface area is 79.6 Å². The maximum Gasteiger partial charge on any atom is 0.202 e. The van der Waals surface area contributed by atoms with E-state index in [9.17, 15) is 0 Å². The van der Waals surface area contributed by atoms with Crippen LogP contribution < -0.4 is 11.4 Å². The zero-order valence-corrected chi connectivity index (χ0v) is 8.63. The van der Waals surface area contributed by atoms with E-state index >= 15 is 0 Å². The first-order chi connectivity index (χ1) is 5.66. The molecule has 4 nitrogen and oxygen atoms in total. The van der Waals surface area contributed by atoms with Gasteiger partial charge in [-0.05, 0) is 28.9 Å². The molecule has 0 spiro atoms. The van der Waals surface area contributed by atoms with Crippen LogP contribution in [0.5, 0.6) is 0 Å². The summed E-state index contributed by atoms with van der Waals surface area (Å²) in [5.41, 5.74) is 5.87. The number of rotatable bonds is 3. The molecule has 0 saturated carbocycles. The van der Waals surface area contributed by atoms with Crippen molar-refractivity contribution in [1.82, 2.24) is 9.13 Å². The highest BCUT2D eigenvalue weighted by atomic mass is 79.9. The molecular formula is C7H13BrN4. The summed E-state index contributed by atoms with van der Waals surface area (Å²) in [6.07, 6.45) is 2.81. The minimum atomic E-state index is 0.496. The number of halogens is 1. The van der Waals surface area contributed by atoms with Crippen LogP contribution in [0.4, 0.5) is 0 Å². The first-order valence-corrected chi connectivity index (χ1v) is 4.62. The quantitative estimate of drug-likeness (QED) is 0.780. The molecule has 1 aromatic heterocycles. The molecule has 0 aliphatic rings. The molecule has 0 amide bonds. The zero-order valence-electron chi connectivity index (χ0n) is 7.05. The second-order valence-corrected chi connectivity index (χ2v) is 3.48. The van der Waals surface area contributed by atoms with E-state index < -0.39 is 0 Å². The molecule has 0 fully saturated rings. The van der Waals surface area contributed by atoms with Crippen LogP contribution in [-0.4, -0.2) is 15.7 Å². The van der Waals surface area contributed by atoms with Crippen LogP contribution in [0.3, 0.4) is 0 Å². The molecule has 0 radical (unpaired) electrons. The van der Waals surface area contributed by atoms with Crippen LogP contribution in [0.2, 0.25) is 0 Å². The summed E-state index contributed by atoms with van der Waals surface area (Å²) in [4.78, 5) is 0. The molecule has 0 aliphatic carbocycles. The summed E-state index contributed by atoms with van der Waals surface area (Å²) in [6.45, 7) is 1.48. The van der Waals surface area contributed by atoms with Gasteiger partial charge in [0.05, 0.1) is 0 Å². The van der Waals surface area contributed by atoms with Gasteiger partial charge in [0.2, 0.25) is 5.62 Å². The Morgan fingerprint density at radius 3 is 2.75 bits per heavy atom. The molecule has 0 aliphatic heterocycles. The molecule has 0 saturated heterocycles. The Morgan fingerprint density at radius 1 is 1.67 bits per heavy atom. The topological polar surface area (TPSA) is 59.7 Å². The predicted molar refractivity (Wildman–Crippen MR) is 50.6 cm³/mol. The van der Waals surface area contributed by atoms with Crippen molar-refractivity contribution in [1.29, 1.82) is 5.41 Å². The Balaban J connectivity index is 2.87. The largest absolute Gasteiger partial charge is 0.330 e. The summed E-state index contributed by atoms with van der Waals surface area (Å²) in [5, 5.41) is 7.65. The van der Waals surface area contributed by atoms with E-state index in [4.69, 9.17) is 11.1 Å². The minimum absolute atomic E-state index is 0.496. The van der Waals surface area contributed by atoms with Gasteiger partial charge in [-0.3, -0.25) is 5.41 Å². The molecule has 1 aromatic rings. The van der Waals surface area contributed by atoms with Gasteiger partial charge in [0.15, 0.2) is 0 Å². The standard InChI is InChI=1S/C7H13BrN4/c1-11-6(8)5-12(7(11)10)4-2-3-9/h5,10H,2-4,9H2,1H3. The molecule has 0 unspecified atom stereocenters. The third-order valence-electron chi connectivity index (χ3n) is 1.78. The number of nitrogens with two attached hydrogens (primary N) is 1. The number of nitrogens with one attached hydrogen (secondary N) is 1. The van der Waals surface area contributed by atoms with Gasteiger partial charge in [-0.25, -0.2) is 0 Å². The number of aryl methyl sites for hydroxylation is 1. The fourth-order valence-electron chi connectivity index (χ4n) is 1.00. The molecule has 0 bridgehead atoms. The molecule has 12 heavy (non-hydrogen) atoms. The first kappa shape index (κ1) is 9.54. The second-order valence-electron chi connectivity index (χ2n) is 2.67. The SMILES string of the molecule is Cn1c(Br)cn(CCCN)c1=N. The van der Waals surface area contributed by atoms with Gasteiger partial charge >= 0.3 is 0 Å². The zero-order chi connectivity index (χ0) is 9.14. The van der Waals surface area contributed by atoms with Crippen molar-refractivity contribution in [3.05, 3.63) is 16.4 Å². The smallest absolute Gasteiger partial charge is 0.202 e. The monoisotopic (exact) mass is 232 g/mol. The van der Waals surface area contributed by atoms with Crippen molar-refractivity contribution in [3.63, 3.8) is 0 Å². The molecular weight excluding hydrogens is 220 g/mol. The van der Waals surface area contributed by atoms with Gasteiger partial charge in [0.25, 0.3) is 0 Å². The Hall–Kier alpha value is -0.550. The van der Waals surface area contributed by atoms with E-state index in [2.05, 4.69) is 15.9 Å². The number of nitrogens with zero attached hydrogens (tertiary/aromatic N) is 2. The first-order valence-electron chi connectivity index (χ1n) is 3.83. The van der Waals surface area contributed by atoms with Crippen LogP contribution in [-0.2, 0) is 13.6 Å². The van der Waals surface area contributed by atoms with E-state index in [1.807, 2.05) is 17.8 Å². The molecule has 3 N–H and O–H groups in total. The maximum atomic E-state index is 7.65. The van der Waals surface area contributed by atoms with Crippen molar-refractivity contribution in [2.24, 2.45) is 12.8 Å². The summed E-state index contributed by atoms with van der Waals surface area (Å²) in [6, 6.07) is 0. The average molecular weight is 233 g/mol. The van der Waals surface area contributed by atoms with Crippen molar-refractivity contribution in [2.75, 3.05) is 6.54 Å². The van der Waals surface area contributed by atoms with Crippen molar-refractivity contribution >= 4 is 15.9 Å². The third kappa shape index (κ3) is 1.78. The van der Waals surface area contributed by atoms with Crippen LogP contribution in [0.1, 0.15) is 6.42 Å². The number of hydrogen-bond donors (Lipinski definition) is 2. The average Bonchev–Trinajstić information content (AvgIpc) is 2.30. The van der Waals surface area contributed by atoms with Gasteiger partial charge in [-0.15, -0.1) is 0 Å². The maximum absolute atomic E-state index is 7.65. The Morgan fingerprint density at radius 2 is 2.33 bits per heavy atom. The van der Waals surface area contributed by atoms with Crippen LogP contribution in [0.25, 0.3) is 0 Å². The summed E-state index contributed by atoms with van der Waals surface area (Å²) in [7, 11) is 1.85. The lowest BCUT2D eigenvalue weighted by Crippen LogP contribution is -2.23. The van der Waals surface area contributed by atoms with Gasteiger partial charge in [-0.1, -0.05) is 0 Å². The van der Waals surface area contributed by atoms with E-state index in [0.29, 0.717) is 12.2 Å². The van der Waals surface area contributed by atoms with Gasteiger partial charge in [0, 0.05) is 19.8 Å². The molecule has 0 aromatic carbocycles. The van der Waals surface area contributed by atoms with Gasteiger partial charge < -0.3 is 14.9 Å². The summed E-state index contributed by atoms with van der Waals surface area (Å²) >= 11 is 3.35. The second kappa shape index (κ2) is 3.91. The molecule has 0 atom stereocenters. The fourth-order valence-corrected chi connectivity index (χ4v) is 1.42. The minimum Gasteiger partial charge on any atom is -0.330 e. The Bertz CT molecular complexity index is 312. The lowest BCUT2D eigenvalue weighted by Gasteiger charge is -1.98. The highest BCUT2D eigenvalue weighted by Gasteiger charge is 2.00. The van der Waals surface area contributed by atoms with Crippen LogP contribution in [0.15, 0.2) is 10.8 Å². The third-order valence-corrected chi connectivity index (χ3v) is 2.51. The van der Waals surface area contributed by atoms with E-state index in [-0.39, 0.29) is 0 Å². The highest BCUT2D eigenvalue weighted by molar-refractivity contribution is 9.10. The normalized spacial score (nSPS) is 10.6. The number of aromatic nitrogens is 2. The molecule has 68 valence electrons.